The van der Waals surface area contributed by atoms with Crippen molar-refractivity contribution in [3.05, 3.63) is 54.1 Å². The van der Waals surface area contributed by atoms with Gasteiger partial charge in [0.1, 0.15) is 85.0 Å². The van der Waals surface area contributed by atoms with E-state index in [2.05, 4.69) is 70.7 Å². The summed E-state index contributed by atoms with van der Waals surface area (Å²) in [5.41, 5.74) is 6.99. The zero-order valence-electron chi connectivity index (χ0n) is 70.1. The number of anilines is 3. The topological polar surface area (TPSA) is 750 Å². The fourth-order valence-electron chi connectivity index (χ4n) is 13.1. The number of carbonyl (C=O) groups excluding carboxylic acids is 13. The molecule has 2 aromatic rings. The van der Waals surface area contributed by atoms with Crippen LogP contribution in [0.4, 0.5) is 21.9 Å². The minimum atomic E-state index is -2.18. The Morgan fingerprint density at radius 1 is 0.492 bits per heavy atom. The molecule has 1 fully saturated rings. The van der Waals surface area contributed by atoms with Crippen molar-refractivity contribution in [1.82, 2.24) is 58.5 Å². The van der Waals surface area contributed by atoms with E-state index in [1.807, 2.05) is 22.8 Å². The SMILES string of the molecule is CC(C)(C)C(=O)CN1C(=O)[C@@H](NC(=O)Nc2cccc(C(=O)NCCCCCCCC(=O)N[C@H](CCC(=O)O)C(=O)N[C@H](CCC(=O)NC[C@H](O)[C@@H](O)[C@H](O)[C@H](O)CO)C(=O)N[C@H](CCC(=O)O)C(=O)N[C@H](CCC(=O)NC[C@H](O)[C@@H](O)[C@H](O)[C@H](O)CO)C(=O)NC[C@H](N)C(=O)N[C@@H](CC(=O)O)C(=O)N[C@@H](CS)C(=O)O)c2)CN(C2CCCCC2)c2ccccc21. The molecule has 2 aliphatic rings. The highest BCUT2D eigenvalue weighted by Gasteiger charge is 2.42. The second kappa shape index (κ2) is 54.2. The zero-order valence-corrected chi connectivity index (χ0v) is 71.0. The van der Waals surface area contributed by atoms with Gasteiger partial charge >= 0.3 is 29.9 Å². The number of thiol groups is 1. The lowest BCUT2D eigenvalue weighted by Crippen LogP contribution is -2.59. The van der Waals surface area contributed by atoms with Gasteiger partial charge in [0.25, 0.3) is 11.8 Å². The van der Waals surface area contributed by atoms with Gasteiger partial charge in [-0.15, -0.1) is 0 Å². The van der Waals surface area contributed by atoms with Crippen LogP contribution >= 0.6 is 12.6 Å². The third-order valence-electron chi connectivity index (χ3n) is 20.6. The van der Waals surface area contributed by atoms with Crippen molar-refractivity contribution in [3.8, 4) is 0 Å². The molecule has 0 unspecified atom stereocenters. The number of carboxylic acid groups (broad SMARTS) is 4. The number of nitrogens with one attached hydrogen (secondary N) is 12. The molecular weight excluding hydrogens is 1690 g/mol. The molecule has 1 aliphatic carbocycles. The highest BCUT2D eigenvalue weighted by atomic mass is 32.1. The first kappa shape index (κ1) is 107. The van der Waals surface area contributed by atoms with Crippen LogP contribution in [0.15, 0.2) is 48.5 Å². The van der Waals surface area contributed by atoms with E-state index in [-0.39, 0.29) is 55.6 Å². The molecule has 126 heavy (non-hydrogen) atoms. The van der Waals surface area contributed by atoms with E-state index in [0.717, 1.165) is 37.8 Å². The number of unbranched alkanes of at least 4 members (excludes halogenated alkanes) is 4. The molecule has 13 amide bonds. The summed E-state index contributed by atoms with van der Waals surface area (Å²) in [6, 6.07) is -1.75. The van der Waals surface area contributed by atoms with Gasteiger partial charge in [-0.05, 0) is 81.7 Å². The van der Waals surface area contributed by atoms with E-state index in [0.29, 0.717) is 31.4 Å². The summed E-state index contributed by atoms with van der Waals surface area (Å²) in [5, 5.41) is 166. The molecule has 2 aromatic carbocycles. The number of amides is 13. The number of hydrogen-bond acceptors (Lipinski definition) is 30. The lowest BCUT2D eigenvalue weighted by Gasteiger charge is -2.37. The number of urea groups is 1. The van der Waals surface area contributed by atoms with Gasteiger partial charge in [-0.3, -0.25) is 71.9 Å². The van der Waals surface area contributed by atoms with Crippen LogP contribution in [0, 0.1) is 5.41 Å². The number of fused-ring (bicyclic) bond motifs is 1. The predicted molar refractivity (Wildman–Crippen MR) is 447 cm³/mol. The number of hydrogen-bond donors (Lipinski definition) is 28. The van der Waals surface area contributed by atoms with Gasteiger partial charge in [-0.1, -0.05) is 77.5 Å². The van der Waals surface area contributed by atoms with Crippen molar-refractivity contribution in [2.45, 2.75) is 252 Å². The van der Waals surface area contributed by atoms with E-state index in [1.165, 1.54) is 17.0 Å². The fraction of sp³-hybridized carbons (Fsp3) is 0.633. The van der Waals surface area contributed by atoms with Crippen molar-refractivity contribution < 1.29 is 153 Å². The average Bonchev–Trinajstić information content (AvgIpc) is 1.62. The molecule has 0 radical (unpaired) electrons. The normalized spacial score (nSPS) is 17.1. The molecule has 0 bridgehead atoms. The predicted octanol–water partition coefficient (Wildman–Crippen LogP) is -6.72. The van der Waals surface area contributed by atoms with Crippen LogP contribution in [0.5, 0.6) is 0 Å². The van der Waals surface area contributed by atoms with Gasteiger partial charge < -0.3 is 151 Å². The van der Waals surface area contributed by atoms with Crippen LogP contribution in [-0.4, -0.2) is 334 Å². The van der Waals surface area contributed by atoms with Crippen LogP contribution in [0.25, 0.3) is 0 Å². The fourth-order valence-corrected chi connectivity index (χ4v) is 13.3. The van der Waals surface area contributed by atoms with E-state index in [9.17, 15) is 148 Å². The van der Waals surface area contributed by atoms with Gasteiger partial charge in [0.05, 0.1) is 49.8 Å². The number of benzene rings is 2. The van der Waals surface area contributed by atoms with Crippen LogP contribution in [0.1, 0.15) is 160 Å². The van der Waals surface area contributed by atoms with Crippen LogP contribution in [-0.2, 0) is 71.9 Å². The molecule has 704 valence electrons. The number of carbonyl (C=O) groups is 17. The number of ketones is 1. The Bertz CT molecular complexity index is 4030. The largest absolute Gasteiger partial charge is 0.481 e. The number of aliphatic hydroxyl groups excluding tert-OH is 10. The minimum absolute atomic E-state index is 0.0811. The molecular formula is C79H121N15O31S. The number of nitrogens with zero attached hydrogens (tertiary/aromatic N) is 2. The summed E-state index contributed by atoms with van der Waals surface area (Å²) in [6.45, 7) is 0.601. The summed E-state index contributed by atoms with van der Waals surface area (Å²) in [4.78, 5) is 230. The molecule has 0 aromatic heterocycles. The lowest BCUT2D eigenvalue weighted by molar-refractivity contribution is -0.143. The van der Waals surface area contributed by atoms with Gasteiger partial charge in [0.2, 0.25) is 53.2 Å². The monoisotopic (exact) mass is 1810 g/mol. The van der Waals surface area contributed by atoms with Crippen molar-refractivity contribution in [3.63, 3.8) is 0 Å². The first-order valence-electron chi connectivity index (χ1n) is 41.1. The molecule has 0 spiro atoms. The summed E-state index contributed by atoms with van der Waals surface area (Å²) < 4.78 is 0. The first-order valence-corrected chi connectivity index (χ1v) is 41.7. The van der Waals surface area contributed by atoms with Gasteiger partial charge in [-0.25, -0.2) is 9.59 Å². The molecule has 1 saturated carbocycles. The Morgan fingerprint density at radius 2 is 0.960 bits per heavy atom. The molecule has 1 aliphatic heterocycles. The highest BCUT2D eigenvalue weighted by Crippen LogP contribution is 2.38. The maximum absolute atomic E-state index is 14.6. The van der Waals surface area contributed by atoms with Gasteiger partial charge in [-0.2, -0.15) is 12.6 Å². The van der Waals surface area contributed by atoms with E-state index in [4.69, 9.17) is 10.8 Å². The molecule has 47 heteroatoms. The van der Waals surface area contributed by atoms with Crippen LogP contribution in [0.2, 0.25) is 0 Å². The van der Waals surface area contributed by atoms with E-state index in [1.54, 1.807) is 45.0 Å². The number of aliphatic hydroxyl groups is 10. The lowest BCUT2D eigenvalue weighted by atomic mass is 9.90. The first-order chi connectivity index (χ1) is 59.4. The van der Waals surface area contributed by atoms with Crippen molar-refractivity contribution >= 4 is 130 Å². The number of rotatable bonds is 56. The summed E-state index contributed by atoms with van der Waals surface area (Å²) in [5.74, 6) is -19.0. The Kier molecular flexibility index (Phi) is 46.3. The number of para-hydroxylation sites is 2. The second-order valence-electron chi connectivity index (χ2n) is 31.6. The number of Topliss-reactive ketones (excluding diaryl/α,β-unsaturated/α-hetero) is 1. The van der Waals surface area contributed by atoms with Crippen molar-refractivity contribution in [2.24, 2.45) is 11.1 Å². The van der Waals surface area contributed by atoms with Crippen molar-refractivity contribution in [1.29, 1.82) is 0 Å². The minimum Gasteiger partial charge on any atom is -0.481 e. The Morgan fingerprint density at radius 3 is 1.46 bits per heavy atom. The Hall–Kier alpha value is -10.9. The summed E-state index contributed by atoms with van der Waals surface area (Å²) >= 11 is 3.81. The molecule has 28 N–H and O–H groups in total. The standard InChI is InChI=1S/C79H121N15O31S/c1-79(2,3)58(101)37-94-53-20-12-11-19-52(53)93(43-17-8-7-9-18-43)36-50(76(94)122)92-78(125)85-42-16-14-15-41(31-42)69(115)81-30-13-6-4-5-10-21-61(104)86-46(24-28-62(105)106)72(118)88-47(23-27-60(103)83-35-55(98)66(112)68(114)57(100)39-96)73(119)89-48(25-29-63(107)108)74(120)87-45(22-26-59(102)82-34-54(97)65(111)67(113)56(99)38-95)71(117)84-33-44(80)70(116)90-49(32-64(109)110)75(121)91-51(40-126)77(123)124/h11-12,14-16,19-20,31,43-51,54-57,65-68,95-100,111-114,126H,4-10,13,17-18,21-30,32-40,80H2,1-3H3,(H,81,115)(H,82,102)(H,83,103)(H,84,117)(H,86,104)(H,87,120)(H,88,118)(H,89,119)(H,90,116)(H,91,121)(H,105,106)(H,107,108)(H,109,110)(H,123,124)(H2,85,92,125)/t44-,45+,46+,47+,48+,49-,50-,51-,54-,55-,56+,57+,65+,66+,67+,68+/m0/s1. The summed E-state index contributed by atoms with van der Waals surface area (Å²) in [7, 11) is 0. The molecule has 0 saturated heterocycles. The summed E-state index contributed by atoms with van der Waals surface area (Å²) in [6.07, 6.45) is -17.7. The Labute approximate surface area is 729 Å². The smallest absolute Gasteiger partial charge is 0.327 e. The maximum atomic E-state index is 14.6. The second-order valence-corrected chi connectivity index (χ2v) is 31.9. The van der Waals surface area contributed by atoms with Crippen molar-refractivity contribution in [2.75, 3.05) is 73.4 Å². The van der Waals surface area contributed by atoms with Gasteiger partial charge in [0.15, 0.2) is 5.78 Å². The highest BCUT2D eigenvalue weighted by molar-refractivity contribution is 7.80. The number of nitrogens with two attached hydrogens (primary N) is 1. The molecule has 1 heterocycles. The number of aliphatic carboxylic acids is 4. The Balaban J connectivity index is 1.50. The molecule has 16 atom stereocenters. The zero-order chi connectivity index (χ0) is 94.2. The number of carboxylic acids is 4. The molecule has 46 nitrogen and oxygen atoms in total. The third-order valence-corrected chi connectivity index (χ3v) is 21.0. The van der Waals surface area contributed by atoms with Crippen LogP contribution in [0.3, 0.4) is 0 Å². The van der Waals surface area contributed by atoms with E-state index >= 15 is 0 Å². The quantitative estimate of drug-likeness (QED) is 0.0216. The maximum Gasteiger partial charge on any atom is 0.327 e. The third kappa shape index (κ3) is 37.0. The van der Waals surface area contributed by atoms with Gasteiger partial charge in [0, 0.05) is 93.3 Å². The average molecular weight is 1810 g/mol. The molecule has 4 rings (SSSR count). The van der Waals surface area contributed by atoms with E-state index < -0.39 is 294 Å². The van der Waals surface area contributed by atoms with Crippen LogP contribution < -0.4 is 79.3 Å².